The Labute approximate surface area is 122 Å². The molecule has 1 amide bonds. The summed E-state index contributed by atoms with van der Waals surface area (Å²) in [5.74, 6) is -0.125. The van der Waals surface area contributed by atoms with E-state index >= 15 is 0 Å². The minimum atomic E-state index is -0.125. The van der Waals surface area contributed by atoms with Crippen molar-refractivity contribution in [2.75, 3.05) is 24.3 Å². The molecule has 21 heavy (non-hydrogen) atoms. The van der Waals surface area contributed by atoms with Gasteiger partial charge in [-0.05, 0) is 36.4 Å². The van der Waals surface area contributed by atoms with Crippen LogP contribution in [0.15, 0.2) is 55.0 Å². The minimum absolute atomic E-state index is 0.125. The summed E-state index contributed by atoms with van der Waals surface area (Å²) in [5.41, 5.74) is 3.28. The van der Waals surface area contributed by atoms with E-state index in [9.17, 15) is 4.79 Å². The van der Waals surface area contributed by atoms with Gasteiger partial charge in [0.1, 0.15) is 5.65 Å². The molecule has 0 atom stereocenters. The molecular weight excluding hydrogens is 264 g/mol. The smallest absolute Gasteiger partial charge is 0.255 e. The van der Waals surface area contributed by atoms with Gasteiger partial charge in [-0.25, -0.2) is 4.98 Å². The summed E-state index contributed by atoms with van der Waals surface area (Å²) in [5, 5.41) is 2.89. The zero-order valence-electron chi connectivity index (χ0n) is 11.9. The fourth-order valence-electron chi connectivity index (χ4n) is 2.11. The van der Waals surface area contributed by atoms with Gasteiger partial charge in [0, 0.05) is 43.9 Å². The van der Waals surface area contributed by atoms with Crippen molar-refractivity contribution < 1.29 is 4.79 Å². The number of nitrogens with zero attached hydrogens (tertiary/aromatic N) is 3. The summed E-state index contributed by atoms with van der Waals surface area (Å²) in [7, 11) is 3.94. The Balaban J connectivity index is 1.78. The zero-order chi connectivity index (χ0) is 14.8. The van der Waals surface area contributed by atoms with E-state index in [4.69, 9.17) is 0 Å². The highest BCUT2D eigenvalue weighted by Crippen LogP contribution is 2.15. The molecule has 0 unspecified atom stereocenters. The predicted molar refractivity (Wildman–Crippen MR) is 83.9 cm³/mol. The Morgan fingerprint density at radius 1 is 1.14 bits per heavy atom. The maximum absolute atomic E-state index is 12.2. The maximum Gasteiger partial charge on any atom is 0.255 e. The molecule has 3 aromatic rings. The molecule has 3 rings (SSSR count). The van der Waals surface area contributed by atoms with Gasteiger partial charge in [-0.2, -0.15) is 0 Å². The van der Waals surface area contributed by atoms with E-state index in [0.29, 0.717) is 5.56 Å². The Morgan fingerprint density at radius 3 is 2.62 bits per heavy atom. The predicted octanol–water partition coefficient (Wildman–Crippen LogP) is 2.65. The summed E-state index contributed by atoms with van der Waals surface area (Å²) in [6, 6.07) is 11.2. The van der Waals surface area contributed by atoms with Gasteiger partial charge in [0.05, 0.1) is 5.69 Å². The van der Waals surface area contributed by atoms with Crippen LogP contribution in [0.4, 0.5) is 11.4 Å². The zero-order valence-corrected chi connectivity index (χ0v) is 11.9. The van der Waals surface area contributed by atoms with Crippen LogP contribution < -0.4 is 10.2 Å². The maximum atomic E-state index is 12.2. The van der Waals surface area contributed by atoms with Gasteiger partial charge < -0.3 is 14.6 Å². The molecule has 0 saturated carbocycles. The first kappa shape index (κ1) is 13.2. The lowest BCUT2D eigenvalue weighted by molar-refractivity contribution is 0.102. The Morgan fingerprint density at radius 2 is 1.90 bits per heavy atom. The van der Waals surface area contributed by atoms with Crippen LogP contribution in [0, 0.1) is 0 Å². The number of imidazole rings is 1. The van der Waals surface area contributed by atoms with Gasteiger partial charge in [0.2, 0.25) is 0 Å². The van der Waals surface area contributed by atoms with Crippen molar-refractivity contribution in [3.8, 4) is 0 Å². The van der Waals surface area contributed by atoms with E-state index in [1.807, 2.05) is 72.2 Å². The minimum Gasteiger partial charge on any atom is -0.378 e. The summed E-state index contributed by atoms with van der Waals surface area (Å²) in [4.78, 5) is 18.4. The number of rotatable bonds is 3. The van der Waals surface area contributed by atoms with E-state index in [-0.39, 0.29) is 5.91 Å². The van der Waals surface area contributed by atoms with Crippen LogP contribution in [0.25, 0.3) is 5.65 Å². The van der Waals surface area contributed by atoms with Crippen molar-refractivity contribution in [1.29, 1.82) is 0 Å². The van der Waals surface area contributed by atoms with Crippen LogP contribution in [0.1, 0.15) is 10.4 Å². The molecular formula is C16H16N4O. The third kappa shape index (κ3) is 2.72. The Kier molecular flexibility index (Phi) is 3.31. The van der Waals surface area contributed by atoms with Crippen LogP contribution >= 0.6 is 0 Å². The van der Waals surface area contributed by atoms with E-state index < -0.39 is 0 Å². The number of benzene rings is 1. The highest BCUT2D eigenvalue weighted by Gasteiger charge is 2.07. The standard InChI is InChI=1S/C16H16N4O/c1-19(2)14-6-3-12(4-7-14)16(21)18-13-5-8-15-17-9-10-20(15)11-13/h3-11H,1-2H3,(H,18,21). The second-order valence-corrected chi connectivity index (χ2v) is 5.01. The topological polar surface area (TPSA) is 49.6 Å². The van der Waals surface area contributed by atoms with Gasteiger partial charge in [-0.3, -0.25) is 4.79 Å². The van der Waals surface area contributed by atoms with Crippen molar-refractivity contribution in [3.63, 3.8) is 0 Å². The molecule has 5 heteroatoms. The van der Waals surface area contributed by atoms with Crippen LogP contribution in [0.5, 0.6) is 0 Å². The van der Waals surface area contributed by atoms with Crippen molar-refractivity contribution in [2.45, 2.75) is 0 Å². The van der Waals surface area contributed by atoms with Crippen LogP contribution in [-0.2, 0) is 0 Å². The molecule has 5 nitrogen and oxygen atoms in total. The lowest BCUT2D eigenvalue weighted by Crippen LogP contribution is -2.13. The number of carbonyl (C=O) groups excluding carboxylic acids is 1. The van der Waals surface area contributed by atoms with Crippen LogP contribution in [-0.4, -0.2) is 29.4 Å². The second-order valence-electron chi connectivity index (χ2n) is 5.01. The summed E-state index contributed by atoms with van der Waals surface area (Å²) in [6.45, 7) is 0. The molecule has 0 bridgehead atoms. The van der Waals surface area contributed by atoms with Crippen molar-refractivity contribution in [1.82, 2.24) is 9.38 Å². The van der Waals surface area contributed by atoms with Gasteiger partial charge in [0.25, 0.3) is 5.91 Å². The van der Waals surface area contributed by atoms with E-state index in [0.717, 1.165) is 17.0 Å². The monoisotopic (exact) mass is 280 g/mol. The first-order valence-corrected chi connectivity index (χ1v) is 6.65. The van der Waals surface area contributed by atoms with Crippen LogP contribution in [0.2, 0.25) is 0 Å². The summed E-state index contributed by atoms with van der Waals surface area (Å²) < 4.78 is 1.87. The summed E-state index contributed by atoms with van der Waals surface area (Å²) in [6.07, 6.45) is 5.41. The highest BCUT2D eigenvalue weighted by molar-refractivity contribution is 6.04. The van der Waals surface area contributed by atoms with Gasteiger partial charge in [-0.1, -0.05) is 0 Å². The quantitative estimate of drug-likeness (QED) is 0.802. The highest BCUT2D eigenvalue weighted by atomic mass is 16.1. The number of anilines is 2. The molecule has 2 heterocycles. The number of carbonyl (C=O) groups is 1. The molecule has 0 radical (unpaired) electrons. The average Bonchev–Trinajstić information content (AvgIpc) is 2.95. The molecule has 0 aliphatic heterocycles. The van der Waals surface area contributed by atoms with Gasteiger partial charge >= 0.3 is 0 Å². The summed E-state index contributed by atoms with van der Waals surface area (Å²) >= 11 is 0. The fraction of sp³-hybridized carbons (Fsp3) is 0.125. The fourth-order valence-corrected chi connectivity index (χ4v) is 2.11. The number of hydrogen-bond acceptors (Lipinski definition) is 3. The first-order chi connectivity index (χ1) is 10.1. The SMILES string of the molecule is CN(C)c1ccc(C(=O)Nc2ccc3nccn3c2)cc1. The van der Waals surface area contributed by atoms with Crippen molar-refractivity contribution in [3.05, 3.63) is 60.6 Å². The van der Waals surface area contributed by atoms with Crippen LogP contribution in [0.3, 0.4) is 0 Å². The third-order valence-corrected chi connectivity index (χ3v) is 3.29. The number of aromatic nitrogens is 2. The van der Waals surface area contributed by atoms with E-state index in [2.05, 4.69) is 10.3 Å². The Bertz CT molecular complexity index is 774. The molecule has 0 saturated heterocycles. The average molecular weight is 280 g/mol. The van der Waals surface area contributed by atoms with Gasteiger partial charge in [-0.15, -0.1) is 0 Å². The molecule has 106 valence electrons. The van der Waals surface area contributed by atoms with E-state index in [1.54, 1.807) is 6.20 Å². The molecule has 2 aromatic heterocycles. The molecule has 1 N–H and O–H groups in total. The van der Waals surface area contributed by atoms with Crippen molar-refractivity contribution in [2.24, 2.45) is 0 Å². The number of amides is 1. The van der Waals surface area contributed by atoms with Crippen molar-refractivity contribution >= 4 is 22.9 Å². The molecule has 0 aliphatic carbocycles. The largest absolute Gasteiger partial charge is 0.378 e. The Hall–Kier alpha value is -2.82. The number of nitrogens with one attached hydrogen (secondary N) is 1. The molecule has 0 spiro atoms. The molecule has 1 aromatic carbocycles. The lowest BCUT2D eigenvalue weighted by atomic mass is 10.2. The first-order valence-electron chi connectivity index (χ1n) is 6.65. The second kappa shape index (κ2) is 5.28. The van der Waals surface area contributed by atoms with Gasteiger partial charge in [0.15, 0.2) is 0 Å². The molecule has 0 fully saturated rings. The number of fused-ring (bicyclic) bond motifs is 1. The van der Waals surface area contributed by atoms with E-state index in [1.165, 1.54) is 0 Å². The number of pyridine rings is 1. The third-order valence-electron chi connectivity index (χ3n) is 3.29. The normalized spacial score (nSPS) is 10.6. The number of hydrogen-bond donors (Lipinski definition) is 1. The lowest BCUT2D eigenvalue weighted by Gasteiger charge is -2.12. The molecule has 0 aliphatic rings.